The van der Waals surface area contributed by atoms with Crippen LogP contribution in [-0.4, -0.2) is 33.8 Å². The maximum absolute atomic E-state index is 13.5. The Balaban J connectivity index is 1.59. The number of halogens is 1. The van der Waals surface area contributed by atoms with Gasteiger partial charge in [-0.2, -0.15) is 4.98 Å². The molecule has 2 heterocycles. The minimum atomic E-state index is -1.20. The van der Waals surface area contributed by atoms with E-state index < -0.39 is 5.97 Å². The first-order valence-corrected chi connectivity index (χ1v) is 10.5. The quantitative estimate of drug-likeness (QED) is 0.538. The third-order valence-electron chi connectivity index (χ3n) is 5.50. The van der Waals surface area contributed by atoms with Crippen LogP contribution in [0.4, 0.5) is 16.3 Å². The molecule has 1 aliphatic heterocycles. The van der Waals surface area contributed by atoms with E-state index in [1.807, 2.05) is 24.3 Å². The lowest BCUT2D eigenvalue weighted by atomic mass is 9.93. The normalized spacial score (nSPS) is 17.0. The van der Waals surface area contributed by atoms with Crippen LogP contribution < -0.4 is 20.5 Å². The molecule has 0 bridgehead atoms. The molecule has 0 saturated carbocycles. The standard InChI is InChI=1S/C23H24FN5O4/c1-33-17-11-7-14(8-12-17)18-13-19(15-5-9-16(24)10-6-15)29-23(25-18)27-22(28-29)26-20(30)3-2-4-21(31)32/h5-12,18-19H,2-4,13H2,1H3,(H,31,32)(H2,25,26,27,28,30)/p-1/t18-,19+/m0/s1. The largest absolute Gasteiger partial charge is 0.550 e. The number of fused-ring (bicyclic) bond motifs is 1. The van der Waals surface area contributed by atoms with E-state index in [-0.39, 0.29) is 49.0 Å². The highest BCUT2D eigenvalue weighted by molar-refractivity contribution is 5.89. The lowest BCUT2D eigenvalue weighted by Crippen LogP contribution is -2.28. The Bertz CT molecular complexity index is 1130. The minimum absolute atomic E-state index is 0.0150. The third-order valence-corrected chi connectivity index (χ3v) is 5.50. The van der Waals surface area contributed by atoms with Crippen LogP contribution in [0, 0.1) is 5.82 Å². The monoisotopic (exact) mass is 452 g/mol. The first-order valence-electron chi connectivity index (χ1n) is 10.5. The number of aromatic nitrogens is 3. The summed E-state index contributed by atoms with van der Waals surface area (Å²) >= 11 is 0. The fourth-order valence-corrected chi connectivity index (χ4v) is 3.83. The average molecular weight is 452 g/mol. The molecule has 0 saturated heterocycles. The van der Waals surface area contributed by atoms with Crippen molar-refractivity contribution >= 4 is 23.8 Å². The molecule has 1 amide bonds. The second-order valence-corrected chi connectivity index (χ2v) is 7.75. The van der Waals surface area contributed by atoms with Crippen molar-refractivity contribution in [1.29, 1.82) is 0 Å². The van der Waals surface area contributed by atoms with Gasteiger partial charge in [-0.25, -0.2) is 9.07 Å². The number of methoxy groups -OCH3 is 1. The van der Waals surface area contributed by atoms with Gasteiger partial charge in [-0.15, -0.1) is 5.10 Å². The fourth-order valence-electron chi connectivity index (χ4n) is 3.83. The molecule has 2 N–H and O–H groups in total. The number of carbonyl (C=O) groups excluding carboxylic acids is 2. The Morgan fingerprint density at radius 1 is 1.15 bits per heavy atom. The number of rotatable bonds is 8. The van der Waals surface area contributed by atoms with Crippen molar-refractivity contribution < 1.29 is 23.8 Å². The molecule has 1 aliphatic rings. The second-order valence-electron chi connectivity index (χ2n) is 7.75. The third kappa shape index (κ3) is 5.28. The van der Waals surface area contributed by atoms with Crippen LogP contribution in [0.25, 0.3) is 0 Å². The second kappa shape index (κ2) is 9.68. The van der Waals surface area contributed by atoms with Gasteiger partial charge in [-0.1, -0.05) is 24.3 Å². The van der Waals surface area contributed by atoms with Gasteiger partial charge in [0.1, 0.15) is 11.6 Å². The van der Waals surface area contributed by atoms with E-state index in [0.717, 1.165) is 16.9 Å². The number of benzene rings is 2. The van der Waals surface area contributed by atoms with Gasteiger partial charge >= 0.3 is 0 Å². The SMILES string of the molecule is COc1ccc([C@@H]2C[C@H](c3ccc(F)cc3)n3nc(NC(=O)CCCC(=O)[O-])nc3N2)cc1. The molecule has 0 aliphatic carbocycles. The van der Waals surface area contributed by atoms with E-state index in [4.69, 9.17) is 4.74 Å². The van der Waals surface area contributed by atoms with Gasteiger partial charge in [0, 0.05) is 12.4 Å². The smallest absolute Gasteiger partial charge is 0.250 e. The molecular formula is C23H23FN5O4-. The number of ether oxygens (including phenoxy) is 1. The molecule has 0 unspecified atom stereocenters. The molecular weight excluding hydrogens is 429 g/mol. The number of nitrogens with zero attached hydrogens (tertiary/aromatic N) is 3. The predicted molar refractivity (Wildman–Crippen MR) is 116 cm³/mol. The number of nitrogens with one attached hydrogen (secondary N) is 2. The summed E-state index contributed by atoms with van der Waals surface area (Å²) in [5.74, 6) is -0.599. The van der Waals surface area contributed by atoms with Crippen molar-refractivity contribution in [1.82, 2.24) is 14.8 Å². The minimum Gasteiger partial charge on any atom is -0.550 e. The summed E-state index contributed by atoms with van der Waals surface area (Å²) in [4.78, 5) is 27.1. The molecule has 4 rings (SSSR count). The highest BCUT2D eigenvalue weighted by atomic mass is 19.1. The predicted octanol–water partition coefficient (Wildman–Crippen LogP) is 2.43. The lowest BCUT2D eigenvalue weighted by Gasteiger charge is -2.31. The van der Waals surface area contributed by atoms with Gasteiger partial charge in [0.05, 0.1) is 19.2 Å². The molecule has 1 aromatic heterocycles. The number of hydrogen-bond donors (Lipinski definition) is 2. The van der Waals surface area contributed by atoms with Crippen LogP contribution >= 0.6 is 0 Å². The summed E-state index contributed by atoms with van der Waals surface area (Å²) in [7, 11) is 1.61. The summed E-state index contributed by atoms with van der Waals surface area (Å²) in [5, 5.41) is 20.9. The van der Waals surface area contributed by atoms with Crippen molar-refractivity contribution in [2.24, 2.45) is 0 Å². The molecule has 2 atom stereocenters. The fraction of sp³-hybridized carbons (Fsp3) is 0.304. The maximum atomic E-state index is 13.5. The van der Waals surface area contributed by atoms with Crippen LogP contribution in [0.5, 0.6) is 5.75 Å². The summed E-state index contributed by atoms with van der Waals surface area (Å²) in [6.07, 6.45) is 0.602. The van der Waals surface area contributed by atoms with Crippen molar-refractivity contribution in [3.05, 3.63) is 65.5 Å². The van der Waals surface area contributed by atoms with Gasteiger partial charge in [0.25, 0.3) is 5.95 Å². The van der Waals surface area contributed by atoms with Crippen molar-refractivity contribution in [2.45, 2.75) is 37.8 Å². The number of anilines is 2. The average Bonchev–Trinajstić information content (AvgIpc) is 3.21. The Labute approximate surface area is 189 Å². The van der Waals surface area contributed by atoms with Crippen LogP contribution in [0.15, 0.2) is 48.5 Å². The van der Waals surface area contributed by atoms with Crippen molar-refractivity contribution in [3.63, 3.8) is 0 Å². The Morgan fingerprint density at radius 3 is 2.52 bits per heavy atom. The van der Waals surface area contributed by atoms with Crippen LogP contribution in [-0.2, 0) is 9.59 Å². The van der Waals surface area contributed by atoms with E-state index >= 15 is 0 Å². The number of carbonyl (C=O) groups is 2. The number of amides is 1. The molecule has 10 heteroatoms. The molecule has 0 spiro atoms. The highest BCUT2D eigenvalue weighted by Gasteiger charge is 2.31. The van der Waals surface area contributed by atoms with Gasteiger partial charge in [-0.05, 0) is 54.7 Å². The van der Waals surface area contributed by atoms with Crippen LogP contribution in [0.1, 0.15) is 48.9 Å². The van der Waals surface area contributed by atoms with Gasteiger partial charge < -0.3 is 20.0 Å². The number of hydrogen-bond acceptors (Lipinski definition) is 7. The van der Waals surface area contributed by atoms with Crippen LogP contribution in [0.2, 0.25) is 0 Å². The zero-order chi connectivity index (χ0) is 23.4. The summed E-state index contributed by atoms with van der Waals surface area (Å²) < 4.78 is 20.4. The molecule has 172 valence electrons. The Morgan fingerprint density at radius 2 is 1.85 bits per heavy atom. The van der Waals surface area contributed by atoms with E-state index in [1.165, 1.54) is 12.1 Å². The summed E-state index contributed by atoms with van der Waals surface area (Å²) in [6.45, 7) is 0. The van der Waals surface area contributed by atoms with E-state index in [9.17, 15) is 19.1 Å². The number of carboxylic acids is 1. The first-order chi connectivity index (χ1) is 15.9. The zero-order valence-corrected chi connectivity index (χ0v) is 18.0. The van der Waals surface area contributed by atoms with E-state index in [1.54, 1.807) is 23.9 Å². The van der Waals surface area contributed by atoms with E-state index in [0.29, 0.717) is 12.4 Å². The molecule has 0 radical (unpaired) electrons. The van der Waals surface area contributed by atoms with Gasteiger partial charge in [-0.3, -0.25) is 10.1 Å². The van der Waals surface area contributed by atoms with Crippen molar-refractivity contribution in [3.8, 4) is 5.75 Å². The maximum Gasteiger partial charge on any atom is 0.250 e. The van der Waals surface area contributed by atoms with Crippen LogP contribution in [0.3, 0.4) is 0 Å². The van der Waals surface area contributed by atoms with E-state index in [2.05, 4.69) is 20.7 Å². The molecule has 2 aromatic carbocycles. The number of aliphatic carboxylic acids is 1. The van der Waals surface area contributed by atoms with Gasteiger partial charge in [0.15, 0.2) is 0 Å². The molecule has 33 heavy (non-hydrogen) atoms. The topological polar surface area (TPSA) is 121 Å². The lowest BCUT2D eigenvalue weighted by molar-refractivity contribution is -0.305. The first kappa shape index (κ1) is 22.3. The van der Waals surface area contributed by atoms with Crippen molar-refractivity contribution in [2.75, 3.05) is 17.7 Å². The molecule has 3 aromatic rings. The summed E-state index contributed by atoms with van der Waals surface area (Å²) in [6, 6.07) is 13.5. The Kier molecular flexibility index (Phi) is 6.53. The highest BCUT2D eigenvalue weighted by Crippen LogP contribution is 2.38. The molecule has 9 nitrogen and oxygen atoms in total. The van der Waals surface area contributed by atoms with Gasteiger partial charge in [0.2, 0.25) is 11.9 Å². The summed E-state index contributed by atoms with van der Waals surface area (Å²) in [5.41, 5.74) is 1.87. The molecule has 0 fully saturated rings. The number of carboxylic acid groups (broad SMARTS) is 1. The Hall–Kier alpha value is -3.95. The zero-order valence-electron chi connectivity index (χ0n) is 18.0.